The Bertz CT molecular complexity index is 555. The first-order valence-corrected chi connectivity index (χ1v) is 6.81. The first kappa shape index (κ1) is 12.0. The van der Waals surface area contributed by atoms with Crippen LogP contribution in [0.5, 0.6) is 0 Å². The number of hydrogen-bond donors (Lipinski definition) is 2. The van der Waals surface area contributed by atoms with E-state index in [0.717, 1.165) is 37.7 Å². The van der Waals surface area contributed by atoms with Crippen LogP contribution in [-0.2, 0) is 6.54 Å². The maximum Gasteiger partial charge on any atom is 0.0460 e. The molecule has 1 aromatic carbocycles. The van der Waals surface area contributed by atoms with Crippen LogP contribution in [0.2, 0.25) is 5.02 Å². The number of hydrogen-bond acceptors (Lipinski definition) is 2. The number of nitrogens with one attached hydrogen (secondary N) is 2. The second kappa shape index (κ2) is 4.92. The lowest BCUT2D eigenvalue weighted by molar-refractivity contribution is 0.233. The molecule has 96 valence electrons. The topological polar surface area (TPSA) is 31.1 Å². The molecule has 3 rings (SSSR count). The fourth-order valence-corrected chi connectivity index (χ4v) is 2.81. The Labute approximate surface area is 112 Å². The first-order valence-electron chi connectivity index (χ1n) is 6.43. The molecule has 1 saturated heterocycles. The van der Waals surface area contributed by atoms with Gasteiger partial charge in [0, 0.05) is 54.3 Å². The molecular weight excluding hydrogens is 246 g/mol. The van der Waals surface area contributed by atoms with Gasteiger partial charge in [0.25, 0.3) is 0 Å². The summed E-state index contributed by atoms with van der Waals surface area (Å²) in [6.45, 7) is 7.34. The Kier molecular flexibility index (Phi) is 3.29. The number of aryl methyl sites for hydroxylation is 1. The van der Waals surface area contributed by atoms with Crippen molar-refractivity contribution >= 4 is 22.5 Å². The third-order valence-corrected chi connectivity index (χ3v) is 3.88. The van der Waals surface area contributed by atoms with Gasteiger partial charge in [-0.1, -0.05) is 11.6 Å². The van der Waals surface area contributed by atoms with Crippen molar-refractivity contribution in [2.75, 3.05) is 26.2 Å². The molecule has 4 heteroatoms. The Balaban J connectivity index is 1.88. The lowest BCUT2D eigenvalue weighted by Gasteiger charge is -2.27. The lowest BCUT2D eigenvalue weighted by Crippen LogP contribution is -2.42. The summed E-state index contributed by atoms with van der Waals surface area (Å²) < 4.78 is 0. The zero-order chi connectivity index (χ0) is 12.5. The molecule has 1 aliphatic rings. The van der Waals surface area contributed by atoms with Crippen LogP contribution in [0.1, 0.15) is 11.3 Å². The van der Waals surface area contributed by atoms with Crippen molar-refractivity contribution < 1.29 is 0 Å². The monoisotopic (exact) mass is 263 g/mol. The van der Waals surface area contributed by atoms with Gasteiger partial charge in [0.15, 0.2) is 0 Å². The predicted molar refractivity (Wildman–Crippen MR) is 76.2 cm³/mol. The van der Waals surface area contributed by atoms with E-state index in [0.29, 0.717) is 0 Å². The van der Waals surface area contributed by atoms with Gasteiger partial charge in [0.05, 0.1) is 0 Å². The third kappa shape index (κ3) is 2.39. The molecule has 0 atom stereocenters. The predicted octanol–water partition coefficient (Wildman–Crippen LogP) is 2.53. The van der Waals surface area contributed by atoms with Crippen LogP contribution in [0, 0.1) is 6.92 Å². The van der Waals surface area contributed by atoms with Crippen LogP contribution >= 0.6 is 11.6 Å². The van der Waals surface area contributed by atoms with Gasteiger partial charge in [-0.2, -0.15) is 0 Å². The molecule has 1 aliphatic heterocycles. The second-order valence-electron chi connectivity index (χ2n) is 5.01. The molecule has 2 aromatic rings. The minimum Gasteiger partial charge on any atom is -0.359 e. The van der Waals surface area contributed by atoms with Crippen molar-refractivity contribution in [2.45, 2.75) is 13.5 Å². The molecule has 0 unspecified atom stereocenters. The van der Waals surface area contributed by atoms with Gasteiger partial charge in [0.1, 0.15) is 0 Å². The molecule has 3 nitrogen and oxygen atoms in total. The van der Waals surface area contributed by atoms with Crippen molar-refractivity contribution in [1.82, 2.24) is 15.2 Å². The standard InChI is InChI=1S/C14H18ClN3/c1-10-6-11-7-13(15)12(8-14(11)17-10)9-18-4-2-16-3-5-18/h6-8,16-17H,2-5,9H2,1H3. The second-order valence-corrected chi connectivity index (χ2v) is 5.42. The fourth-order valence-electron chi connectivity index (χ4n) is 2.57. The van der Waals surface area contributed by atoms with Crippen molar-refractivity contribution in [1.29, 1.82) is 0 Å². The number of halogens is 1. The maximum absolute atomic E-state index is 6.38. The third-order valence-electron chi connectivity index (χ3n) is 3.53. The number of nitrogens with zero attached hydrogens (tertiary/aromatic N) is 1. The van der Waals surface area contributed by atoms with E-state index in [1.807, 2.05) is 0 Å². The van der Waals surface area contributed by atoms with Crippen molar-refractivity contribution in [3.63, 3.8) is 0 Å². The molecule has 0 spiro atoms. The summed E-state index contributed by atoms with van der Waals surface area (Å²) in [6.07, 6.45) is 0. The molecule has 0 amide bonds. The average molecular weight is 264 g/mol. The first-order chi connectivity index (χ1) is 8.72. The Morgan fingerprint density at radius 1 is 1.22 bits per heavy atom. The Hall–Kier alpha value is -1.03. The van der Waals surface area contributed by atoms with E-state index >= 15 is 0 Å². The van der Waals surface area contributed by atoms with Gasteiger partial charge in [-0.05, 0) is 30.7 Å². The van der Waals surface area contributed by atoms with Crippen molar-refractivity contribution in [3.05, 3.63) is 34.5 Å². The molecule has 1 aromatic heterocycles. The quantitative estimate of drug-likeness (QED) is 0.873. The molecule has 0 aliphatic carbocycles. The zero-order valence-electron chi connectivity index (χ0n) is 10.6. The van der Waals surface area contributed by atoms with E-state index in [-0.39, 0.29) is 0 Å². The van der Waals surface area contributed by atoms with Crippen LogP contribution in [0.15, 0.2) is 18.2 Å². The average Bonchev–Trinajstić information content (AvgIpc) is 2.70. The fraction of sp³-hybridized carbons (Fsp3) is 0.429. The van der Waals surface area contributed by atoms with E-state index in [4.69, 9.17) is 11.6 Å². The van der Waals surface area contributed by atoms with Gasteiger partial charge in [-0.25, -0.2) is 0 Å². The number of aromatic nitrogens is 1. The summed E-state index contributed by atoms with van der Waals surface area (Å²) in [6, 6.07) is 6.39. The van der Waals surface area contributed by atoms with Crippen molar-refractivity contribution in [2.24, 2.45) is 0 Å². The summed E-state index contributed by atoms with van der Waals surface area (Å²) in [5, 5.41) is 5.44. The highest BCUT2D eigenvalue weighted by Crippen LogP contribution is 2.25. The normalized spacial score (nSPS) is 17.4. The molecule has 1 fully saturated rings. The molecular formula is C14H18ClN3. The number of benzene rings is 1. The zero-order valence-corrected chi connectivity index (χ0v) is 11.3. The van der Waals surface area contributed by atoms with Crippen LogP contribution in [0.25, 0.3) is 10.9 Å². The van der Waals surface area contributed by atoms with Crippen LogP contribution < -0.4 is 5.32 Å². The van der Waals surface area contributed by atoms with Gasteiger partial charge in [-0.3, -0.25) is 4.90 Å². The molecule has 18 heavy (non-hydrogen) atoms. The number of aromatic amines is 1. The number of fused-ring (bicyclic) bond motifs is 1. The van der Waals surface area contributed by atoms with Gasteiger partial charge >= 0.3 is 0 Å². The van der Waals surface area contributed by atoms with Crippen LogP contribution in [-0.4, -0.2) is 36.1 Å². The summed E-state index contributed by atoms with van der Waals surface area (Å²) in [4.78, 5) is 5.82. The maximum atomic E-state index is 6.38. The van der Waals surface area contributed by atoms with Gasteiger partial charge < -0.3 is 10.3 Å². The molecule has 0 saturated carbocycles. The summed E-state index contributed by atoms with van der Waals surface area (Å²) in [5.41, 5.74) is 3.58. The highest BCUT2D eigenvalue weighted by Gasteiger charge is 2.12. The number of H-pyrrole nitrogens is 1. The Morgan fingerprint density at radius 2 is 2.00 bits per heavy atom. The van der Waals surface area contributed by atoms with E-state index in [1.54, 1.807) is 0 Å². The highest BCUT2D eigenvalue weighted by molar-refractivity contribution is 6.32. The molecule has 2 heterocycles. The minimum atomic E-state index is 0.875. The lowest BCUT2D eigenvalue weighted by atomic mass is 10.1. The SMILES string of the molecule is Cc1cc2cc(Cl)c(CN3CCNCC3)cc2[nH]1. The Morgan fingerprint density at radius 3 is 2.78 bits per heavy atom. The summed E-state index contributed by atoms with van der Waals surface area (Å²) in [7, 11) is 0. The van der Waals surface area contributed by atoms with Crippen LogP contribution in [0.3, 0.4) is 0 Å². The van der Waals surface area contributed by atoms with E-state index in [9.17, 15) is 0 Å². The van der Waals surface area contributed by atoms with E-state index < -0.39 is 0 Å². The molecule has 0 bridgehead atoms. The van der Waals surface area contributed by atoms with Gasteiger partial charge in [0.2, 0.25) is 0 Å². The summed E-state index contributed by atoms with van der Waals surface area (Å²) in [5.74, 6) is 0. The summed E-state index contributed by atoms with van der Waals surface area (Å²) >= 11 is 6.38. The van der Waals surface area contributed by atoms with E-state index in [1.165, 1.54) is 22.2 Å². The van der Waals surface area contributed by atoms with E-state index in [2.05, 4.69) is 40.3 Å². The highest BCUT2D eigenvalue weighted by atomic mass is 35.5. The number of piperazine rings is 1. The van der Waals surface area contributed by atoms with Crippen LogP contribution in [0.4, 0.5) is 0 Å². The van der Waals surface area contributed by atoms with Crippen molar-refractivity contribution in [3.8, 4) is 0 Å². The van der Waals surface area contributed by atoms with Gasteiger partial charge in [-0.15, -0.1) is 0 Å². The largest absolute Gasteiger partial charge is 0.359 e. The molecule has 2 N–H and O–H groups in total. The minimum absolute atomic E-state index is 0.875. The number of rotatable bonds is 2. The smallest absolute Gasteiger partial charge is 0.0460 e. The molecule has 0 radical (unpaired) electrons.